The van der Waals surface area contributed by atoms with Gasteiger partial charge in [-0.3, -0.25) is 0 Å². The van der Waals surface area contributed by atoms with E-state index >= 15 is 0 Å². The zero-order chi connectivity index (χ0) is 11.1. The summed E-state index contributed by atoms with van der Waals surface area (Å²) in [5.41, 5.74) is 0. The summed E-state index contributed by atoms with van der Waals surface area (Å²) in [7, 11) is 0. The van der Waals surface area contributed by atoms with Crippen molar-refractivity contribution >= 4 is 0 Å². The zero-order valence-corrected chi connectivity index (χ0v) is 12.5. The third-order valence-corrected chi connectivity index (χ3v) is 2.21. The number of rotatable bonds is 8. The first-order valence-electron chi connectivity index (χ1n) is 6.41. The van der Waals surface area contributed by atoms with Crippen LogP contribution < -0.4 is 37.7 Å². The van der Waals surface area contributed by atoms with Crippen LogP contribution in [0.3, 0.4) is 0 Å². The molecule has 88 valence electrons. The predicted octanol–water partition coefficient (Wildman–Crippen LogP) is -0.410. The zero-order valence-electron chi connectivity index (χ0n) is 12.5. The summed E-state index contributed by atoms with van der Waals surface area (Å²) in [6, 6.07) is 0. The molecule has 0 aromatic carbocycles. The van der Waals surface area contributed by atoms with Crippen molar-refractivity contribution in [2.45, 2.75) is 78.1 Å². The molecule has 0 nitrogen and oxygen atoms in total. The van der Waals surface area contributed by atoms with E-state index in [0.29, 0.717) is 0 Å². The van der Waals surface area contributed by atoms with E-state index in [0.717, 1.165) is 12.8 Å². The Morgan fingerprint density at radius 3 is 1.19 bits per heavy atom. The van der Waals surface area contributed by atoms with Gasteiger partial charge in [-0.1, -0.05) is 65.2 Å². The molecule has 0 aromatic heterocycles. The average molecular weight is 212 g/mol. The SMILES string of the molecule is [CH2-]CCCCC.[CH2-]CCCCCCC.[Li+].[Li+]. The second-order valence-electron chi connectivity index (χ2n) is 3.83. The van der Waals surface area contributed by atoms with Crippen LogP contribution in [0.4, 0.5) is 0 Å². The molecule has 0 aliphatic heterocycles. The van der Waals surface area contributed by atoms with Gasteiger partial charge in [0.1, 0.15) is 0 Å². The fourth-order valence-corrected chi connectivity index (χ4v) is 1.21. The predicted molar refractivity (Wildman–Crippen MR) is 68.2 cm³/mol. The molecule has 0 rings (SSSR count). The molecule has 0 N–H and O–H groups in total. The summed E-state index contributed by atoms with van der Waals surface area (Å²) in [6.45, 7) is 12.0. The van der Waals surface area contributed by atoms with Gasteiger partial charge in [-0.25, -0.2) is 0 Å². The third-order valence-electron chi connectivity index (χ3n) is 2.21. The van der Waals surface area contributed by atoms with Gasteiger partial charge in [0.25, 0.3) is 0 Å². The quantitative estimate of drug-likeness (QED) is 0.291. The van der Waals surface area contributed by atoms with Crippen molar-refractivity contribution in [3.05, 3.63) is 13.8 Å². The van der Waals surface area contributed by atoms with E-state index in [4.69, 9.17) is 0 Å². The van der Waals surface area contributed by atoms with Crippen LogP contribution in [0.1, 0.15) is 78.1 Å². The Bertz CT molecular complexity index is 65.1. The Kier molecular flexibility index (Phi) is 48.3. The monoisotopic (exact) mass is 212 g/mol. The Hall–Kier alpha value is 1.19. The molecule has 0 spiro atoms. The first-order chi connectivity index (χ1) is 6.83. The van der Waals surface area contributed by atoms with Crippen LogP contribution in [0.5, 0.6) is 0 Å². The summed E-state index contributed by atoms with van der Waals surface area (Å²) in [4.78, 5) is 0. The molecule has 0 aromatic rings. The van der Waals surface area contributed by atoms with Crippen molar-refractivity contribution in [1.29, 1.82) is 0 Å². The Morgan fingerprint density at radius 2 is 0.875 bits per heavy atom. The molecule has 16 heavy (non-hydrogen) atoms. The van der Waals surface area contributed by atoms with E-state index in [2.05, 4.69) is 27.7 Å². The van der Waals surface area contributed by atoms with E-state index in [1.807, 2.05) is 0 Å². The normalized spacial score (nSPS) is 8.25. The van der Waals surface area contributed by atoms with Crippen molar-refractivity contribution in [2.24, 2.45) is 0 Å². The van der Waals surface area contributed by atoms with Gasteiger partial charge in [0, 0.05) is 0 Å². The third kappa shape index (κ3) is 36.2. The van der Waals surface area contributed by atoms with Crippen molar-refractivity contribution in [3.63, 3.8) is 0 Å². The van der Waals surface area contributed by atoms with Gasteiger partial charge in [0.2, 0.25) is 0 Å². The van der Waals surface area contributed by atoms with Crippen molar-refractivity contribution in [3.8, 4) is 0 Å². The van der Waals surface area contributed by atoms with Gasteiger partial charge in [0.15, 0.2) is 0 Å². The molecule has 0 radical (unpaired) electrons. The first-order valence-corrected chi connectivity index (χ1v) is 6.41. The number of hydrogen-bond acceptors (Lipinski definition) is 0. The van der Waals surface area contributed by atoms with Gasteiger partial charge in [-0.05, 0) is 0 Å². The average Bonchev–Trinajstić information content (AvgIpc) is 2.22. The van der Waals surface area contributed by atoms with Crippen LogP contribution >= 0.6 is 0 Å². The minimum absolute atomic E-state index is 0. The summed E-state index contributed by atoms with van der Waals surface area (Å²) >= 11 is 0. The molecule has 0 amide bonds. The molecular formula is C14H30Li2. The van der Waals surface area contributed by atoms with Crippen LogP contribution in [-0.4, -0.2) is 0 Å². The fourth-order valence-electron chi connectivity index (χ4n) is 1.21. The van der Waals surface area contributed by atoms with Crippen molar-refractivity contribution in [2.75, 3.05) is 0 Å². The summed E-state index contributed by atoms with van der Waals surface area (Å²) in [5.74, 6) is 0. The molecule has 2 heteroatoms. The molecule has 0 aliphatic carbocycles. The maximum atomic E-state index is 3.78. The molecule has 0 atom stereocenters. The number of hydrogen-bond donors (Lipinski definition) is 0. The van der Waals surface area contributed by atoms with Crippen LogP contribution in [0, 0.1) is 13.8 Å². The van der Waals surface area contributed by atoms with Crippen LogP contribution in [0.2, 0.25) is 0 Å². The summed E-state index contributed by atoms with van der Waals surface area (Å²) < 4.78 is 0. The maximum absolute atomic E-state index is 3.78. The van der Waals surface area contributed by atoms with Gasteiger partial charge in [0.05, 0.1) is 0 Å². The minimum Gasteiger partial charge on any atom is -0.343 e. The van der Waals surface area contributed by atoms with Crippen LogP contribution in [0.25, 0.3) is 0 Å². The standard InChI is InChI=1S/C8H17.C6H13.2Li/c1-3-5-7-8-6-4-2;1-3-5-6-4-2;;/h1,3-8H2,2H3;1,3-6H2,2H3;;/q2*-1;2*+1. The molecular weight excluding hydrogens is 182 g/mol. The largest absolute Gasteiger partial charge is 1.00 e. The van der Waals surface area contributed by atoms with Crippen molar-refractivity contribution < 1.29 is 37.7 Å². The molecule has 0 bridgehead atoms. The van der Waals surface area contributed by atoms with Crippen molar-refractivity contribution in [1.82, 2.24) is 0 Å². The Labute approximate surface area is 129 Å². The second kappa shape index (κ2) is 29.8. The molecule has 0 saturated heterocycles. The molecule has 0 saturated carbocycles. The van der Waals surface area contributed by atoms with Crippen LogP contribution in [0.15, 0.2) is 0 Å². The first kappa shape index (κ1) is 25.9. The van der Waals surface area contributed by atoms with E-state index in [1.54, 1.807) is 0 Å². The number of unbranched alkanes of at least 4 members (excludes halogenated alkanes) is 8. The van der Waals surface area contributed by atoms with E-state index in [9.17, 15) is 0 Å². The summed E-state index contributed by atoms with van der Waals surface area (Å²) in [6.07, 6.45) is 13.0. The van der Waals surface area contributed by atoms with Gasteiger partial charge in [-0.15, -0.1) is 0 Å². The van der Waals surface area contributed by atoms with E-state index < -0.39 is 0 Å². The fraction of sp³-hybridized carbons (Fsp3) is 0.857. The van der Waals surface area contributed by atoms with Crippen LogP contribution in [-0.2, 0) is 0 Å². The van der Waals surface area contributed by atoms with Gasteiger partial charge < -0.3 is 13.8 Å². The van der Waals surface area contributed by atoms with Gasteiger partial charge in [-0.2, -0.15) is 12.8 Å². The minimum atomic E-state index is 0. The Morgan fingerprint density at radius 1 is 0.562 bits per heavy atom. The molecule has 0 heterocycles. The second-order valence-corrected chi connectivity index (χ2v) is 3.83. The van der Waals surface area contributed by atoms with E-state index in [1.165, 1.54) is 51.4 Å². The summed E-state index contributed by atoms with van der Waals surface area (Å²) in [5, 5.41) is 0. The maximum Gasteiger partial charge on any atom is 1.00 e. The molecule has 0 unspecified atom stereocenters. The molecule has 0 aliphatic rings. The van der Waals surface area contributed by atoms with Gasteiger partial charge >= 0.3 is 37.7 Å². The van der Waals surface area contributed by atoms with E-state index in [-0.39, 0.29) is 37.7 Å². The topological polar surface area (TPSA) is 0 Å². The smallest absolute Gasteiger partial charge is 0.343 e. The molecule has 0 fully saturated rings. The Balaban J connectivity index is -0.0000000825.